The third-order valence-electron chi connectivity index (χ3n) is 2.96. The number of halogens is 1. The lowest BCUT2D eigenvalue weighted by molar-refractivity contribution is 0.413. The van der Waals surface area contributed by atoms with Crippen LogP contribution in [-0.4, -0.2) is 12.1 Å². The van der Waals surface area contributed by atoms with Crippen molar-refractivity contribution in [3.8, 4) is 5.75 Å². The van der Waals surface area contributed by atoms with Crippen molar-refractivity contribution in [2.45, 2.75) is 6.92 Å². The Balaban J connectivity index is 2.47. The maximum atomic E-state index is 13.2. The van der Waals surface area contributed by atoms with E-state index in [1.165, 1.54) is 19.2 Å². The number of benzene rings is 2. The van der Waals surface area contributed by atoms with Crippen molar-refractivity contribution in [3.05, 3.63) is 53.3 Å². The molecular weight excluding hydrogens is 275 g/mol. The second-order valence-electron chi connectivity index (χ2n) is 4.33. The van der Waals surface area contributed by atoms with Crippen LogP contribution >= 0.6 is 12.2 Å². The SMILES string of the molecule is COc1cc(F)ccc1Nc1c(C)cccc1C(N)=S. The molecule has 0 fully saturated rings. The minimum absolute atomic E-state index is 0.303. The van der Waals surface area contributed by atoms with Gasteiger partial charge in [0, 0.05) is 11.6 Å². The number of hydrogen-bond donors (Lipinski definition) is 2. The number of anilines is 2. The van der Waals surface area contributed by atoms with Crippen LogP contribution in [0.3, 0.4) is 0 Å². The molecule has 20 heavy (non-hydrogen) atoms. The number of thiocarbonyl (C=S) groups is 1. The Morgan fingerprint density at radius 2 is 2.05 bits per heavy atom. The minimum atomic E-state index is -0.355. The molecule has 0 atom stereocenters. The molecule has 0 amide bonds. The van der Waals surface area contributed by atoms with Crippen molar-refractivity contribution in [1.82, 2.24) is 0 Å². The Hall–Kier alpha value is -2.14. The van der Waals surface area contributed by atoms with Gasteiger partial charge in [0.1, 0.15) is 16.6 Å². The van der Waals surface area contributed by atoms with Crippen LogP contribution in [0.2, 0.25) is 0 Å². The Kier molecular flexibility index (Phi) is 4.20. The van der Waals surface area contributed by atoms with E-state index in [0.29, 0.717) is 16.4 Å². The number of nitrogens with two attached hydrogens (primary N) is 1. The van der Waals surface area contributed by atoms with Gasteiger partial charge in [0.05, 0.1) is 18.5 Å². The monoisotopic (exact) mass is 290 g/mol. The van der Waals surface area contributed by atoms with Gasteiger partial charge >= 0.3 is 0 Å². The molecule has 0 bridgehead atoms. The van der Waals surface area contributed by atoms with Gasteiger partial charge in [-0.2, -0.15) is 0 Å². The summed E-state index contributed by atoms with van der Waals surface area (Å²) in [5.41, 5.74) is 8.91. The number of hydrogen-bond acceptors (Lipinski definition) is 3. The van der Waals surface area contributed by atoms with Gasteiger partial charge in [-0.1, -0.05) is 24.4 Å². The van der Waals surface area contributed by atoms with Crippen LogP contribution in [0.5, 0.6) is 5.75 Å². The van der Waals surface area contributed by atoms with Gasteiger partial charge in [-0.3, -0.25) is 0 Å². The van der Waals surface area contributed by atoms with Gasteiger partial charge in [0.25, 0.3) is 0 Å². The largest absolute Gasteiger partial charge is 0.494 e. The fraction of sp³-hybridized carbons (Fsp3) is 0.133. The van der Waals surface area contributed by atoms with E-state index < -0.39 is 0 Å². The third kappa shape index (κ3) is 2.88. The summed E-state index contributed by atoms with van der Waals surface area (Å²) in [4.78, 5) is 0.303. The summed E-state index contributed by atoms with van der Waals surface area (Å²) < 4.78 is 18.4. The maximum Gasteiger partial charge on any atom is 0.145 e. The van der Waals surface area contributed by atoms with Gasteiger partial charge < -0.3 is 15.8 Å². The number of rotatable bonds is 4. The zero-order valence-corrected chi connectivity index (χ0v) is 12.1. The first kappa shape index (κ1) is 14.3. The molecule has 2 aromatic carbocycles. The molecule has 3 nitrogen and oxygen atoms in total. The fourth-order valence-corrected chi connectivity index (χ4v) is 2.11. The molecule has 0 aliphatic carbocycles. The number of para-hydroxylation sites is 1. The first-order valence-corrected chi connectivity index (χ1v) is 6.43. The highest BCUT2D eigenvalue weighted by Gasteiger charge is 2.11. The second-order valence-corrected chi connectivity index (χ2v) is 4.77. The molecular formula is C15H15FN2OS. The van der Waals surface area contributed by atoms with Gasteiger partial charge in [-0.15, -0.1) is 0 Å². The molecule has 0 aliphatic heterocycles. The molecule has 0 aliphatic rings. The smallest absolute Gasteiger partial charge is 0.145 e. The number of methoxy groups -OCH3 is 1. The van der Waals surface area contributed by atoms with Crippen LogP contribution < -0.4 is 15.8 Å². The summed E-state index contributed by atoms with van der Waals surface area (Å²) >= 11 is 5.05. The summed E-state index contributed by atoms with van der Waals surface area (Å²) in [7, 11) is 1.49. The van der Waals surface area contributed by atoms with Gasteiger partial charge in [-0.25, -0.2) is 4.39 Å². The van der Waals surface area contributed by atoms with Crippen LogP contribution in [0.25, 0.3) is 0 Å². The lowest BCUT2D eigenvalue weighted by Crippen LogP contribution is -2.13. The summed E-state index contributed by atoms with van der Waals surface area (Å²) in [6.45, 7) is 1.94. The zero-order valence-electron chi connectivity index (χ0n) is 11.2. The Morgan fingerprint density at radius 3 is 2.70 bits per heavy atom. The van der Waals surface area contributed by atoms with Crippen LogP contribution in [0.1, 0.15) is 11.1 Å². The van der Waals surface area contributed by atoms with E-state index in [9.17, 15) is 4.39 Å². The highest BCUT2D eigenvalue weighted by atomic mass is 32.1. The molecule has 2 rings (SSSR count). The van der Waals surface area contributed by atoms with E-state index in [4.69, 9.17) is 22.7 Å². The molecule has 0 radical (unpaired) electrons. The van der Waals surface area contributed by atoms with Crippen LogP contribution in [-0.2, 0) is 0 Å². The average molecular weight is 290 g/mol. The zero-order chi connectivity index (χ0) is 14.7. The summed E-state index contributed by atoms with van der Waals surface area (Å²) in [6.07, 6.45) is 0. The Bertz CT molecular complexity index is 658. The lowest BCUT2D eigenvalue weighted by atomic mass is 10.1. The van der Waals surface area contributed by atoms with Crippen LogP contribution in [0, 0.1) is 12.7 Å². The minimum Gasteiger partial charge on any atom is -0.494 e. The third-order valence-corrected chi connectivity index (χ3v) is 3.18. The number of ether oxygens (including phenoxy) is 1. The average Bonchev–Trinajstić information content (AvgIpc) is 2.42. The number of nitrogens with one attached hydrogen (secondary N) is 1. The molecule has 0 aromatic heterocycles. The standard InChI is InChI=1S/C15H15FN2OS/c1-9-4-3-5-11(15(17)20)14(9)18-12-7-6-10(16)8-13(12)19-2/h3-8,18H,1-2H3,(H2,17,20). The predicted molar refractivity (Wildman–Crippen MR) is 83.3 cm³/mol. The quantitative estimate of drug-likeness (QED) is 0.846. The highest BCUT2D eigenvalue weighted by molar-refractivity contribution is 7.80. The topological polar surface area (TPSA) is 47.3 Å². The van der Waals surface area contributed by atoms with Crippen molar-refractivity contribution in [2.24, 2.45) is 5.73 Å². The molecule has 5 heteroatoms. The number of aryl methyl sites for hydroxylation is 1. The molecule has 0 unspecified atom stereocenters. The maximum absolute atomic E-state index is 13.2. The predicted octanol–water partition coefficient (Wildman–Crippen LogP) is 3.52. The Morgan fingerprint density at radius 1 is 1.30 bits per heavy atom. The highest BCUT2D eigenvalue weighted by Crippen LogP contribution is 2.31. The first-order valence-electron chi connectivity index (χ1n) is 6.03. The van der Waals surface area contributed by atoms with E-state index in [1.54, 1.807) is 6.07 Å². The molecule has 0 saturated heterocycles. The molecule has 3 N–H and O–H groups in total. The van der Waals surface area contributed by atoms with Crippen LogP contribution in [0.4, 0.5) is 15.8 Å². The van der Waals surface area contributed by atoms with E-state index in [1.807, 2.05) is 25.1 Å². The van der Waals surface area contributed by atoms with Crippen molar-refractivity contribution < 1.29 is 9.13 Å². The summed E-state index contributed by atoms with van der Waals surface area (Å²) in [6, 6.07) is 9.97. The van der Waals surface area contributed by atoms with Crippen molar-refractivity contribution in [2.75, 3.05) is 12.4 Å². The Labute approximate surface area is 122 Å². The van der Waals surface area contributed by atoms with E-state index in [-0.39, 0.29) is 5.82 Å². The second kappa shape index (κ2) is 5.88. The fourth-order valence-electron chi connectivity index (χ4n) is 1.94. The van der Waals surface area contributed by atoms with Crippen LogP contribution in [0.15, 0.2) is 36.4 Å². The molecule has 0 saturated carbocycles. The van der Waals surface area contributed by atoms with E-state index in [0.717, 1.165) is 16.8 Å². The lowest BCUT2D eigenvalue weighted by Gasteiger charge is -2.16. The van der Waals surface area contributed by atoms with Crippen molar-refractivity contribution in [1.29, 1.82) is 0 Å². The molecule has 0 heterocycles. The van der Waals surface area contributed by atoms with Crippen molar-refractivity contribution in [3.63, 3.8) is 0 Å². The van der Waals surface area contributed by atoms with Gasteiger partial charge in [-0.05, 0) is 30.7 Å². The first-order chi connectivity index (χ1) is 9.52. The normalized spacial score (nSPS) is 10.2. The molecule has 2 aromatic rings. The summed E-state index contributed by atoms with van der Waals surface area (Å²) in [5.74, 6) is 0.0638. The van der Waals surface area contributed by atoms with Gasteiger partial charge in [0.15, 0.2) is 0 Å². The van der Waals surface area contributed by atoms with Gasteiger partial charge in [0.2, 0.25) is 0 Å². The van der Waals surface area contributed by atoms with Crippen molar-refractivity contribution >= 4 is 28.6 Å². The molecule has 0 spiro atoms. The van der Waals surface area contributed by atoms with E-state index in [2.05, 4.69) is 5.32 Å². The van der Waals surface area contributed by atoms with E-state index >= 15 is 0 Å². The molecule has 104 valence electrons. The summed E-state index contributed by atoms with van der Waals surface area (Å²) in [5, 5.41) is 3.21.